The molecule has 0 aliphatic rings. The largest absolute Gasteiger partial charge is 0.381 e. The van der Waals surface area contributed by atoms with E-state index in [0.717, 1.165) is 6.54 Å². The fraction of sp³-hybridized carbons (Fsp3) is 0.250. The van der Waals surface area contributed by atoms with Crippen molar-refractivity contribution < 1.29 is 0 Å². The summed E-state index contributed by atoms with van der Waals surface area (Å²) in [4.78, 5) is 0. The first kappa shape index (κ1) is 11.7. The molecule has 0 aliphatic carbocycles. The van der Waals surface area contributed by atoms with Gasteiger partial charge in [-0.2, -0.15) is 0 Å². The Bertz CT molecular complexity index is 500. The van der Waals surface area contributed by atoms with Gasteiger partial charge in [0.1, 0.15) is 0 Å². The number of nitrogens with one attached hydrogen (secondary N) is 1. The molecule has 88 valence electrons. The lowest BCUT2D eigenvalue weighted by molar-refractivity contribution is 1.13. The predicted octanol–water partition coefficient (Wildman–Crippen LogP) is 4.22. The van der Waals surface area contributed by atoms with E-state index in [1.807, 2.05) is 6.07 Å². The number of benzene rings is 2. The van der Waals surface area contributed by atoms with Gasteiger partial charge in [0, 0.05) is 12.2 Å². The van der Waals surface area contributed by atoms with Crippen LogP contribution in [0.25, 0.3) is 0 Å². The quantitative estimate of drug-likeness (QED) is 0.824. The highest BCUT2D eigenvalue weighted by Gasteiger charge is 2.02. The Hall–Kier alpha value is -1.76. The number of rotatable bonds is 3. The molecule has 0 radical (unpaired) electrons. The molecule has 0 heterocycles. The van der Waals surface area contributed by atoms with E-state index in [1.54, 1.807) is 0 Å². The van der Waals surface area contributed by atoms with Crippen LogP contribution >= 0.6 is 0 Å². The zero-order valence-corrected chi connectivity index (χ0v) is 10.7. The van der Waals surface area contributed by atoms with Crippen LogP contribution in [-0.2, 0) is 6.54 Å². The Morgan fingerprint density at radius 1 is 0.824 bits per heavy atom. The highest BCUT2D eigenvalue weighted by Crippen LogP contribution is 2.22. The van der Waals surface area contributed by atoms with Crippen molar-refractivity contribution in [2.45, 2.75) is 27.3 Å². The normalized spacial score (nSPS) is 10.3. The summed E-state index contributed by atoms with van der Waals surface area (Å²) in [6.45, 7) is 7.39. The lowest BCUT2D eigenvalue weighted by atomic mass is 10.0. The van der Waals surface area contributed by atoms with Crippen molar-refractivity contribution in [3.05, 3.63) is 64.7 Å². The molecular formula is C16H19N. The van der Waals surface area contributed by atoms with Gasteiger partial charge in [-0.15, -0.1) is 0 Å². The molecule has 1 heteroatoms. The Labute approximate surface area is 103 Å². The van der Waals surface area contributed by atoms with E-state index in [-0.39, 0.29) is 0 Å². The standard InChI is InChI=1S/C16H19N/c1-12-9-10-16(14(3)13(12)2)17-11-15-7-5-4-6-8-15/h4-10,17H,11H2,1-3H3. The molecule has 0 fully saturated rings. The third-order valence-corrected chi connectivity index (χ3v) is 3.38. The lowest BCUT2D eigenvalue weighted by Crippen LogP contribution is -2.02. The van der Waals surface area contributed by atoms with Crippen LogP contribution in [0.4, 0.5) is 5.69 Å². The Morgan fingerprint density at radius 2 is 1.53 bits per heavy atom. The Kier molecular flexibility index (Phi) is 3.48. The monoisotopic (exact) mass is 225 g/mol. The number of aryl methyl sites for hydroxylation is 1. The molecule has 2 aromatic carbocycles. The maximum Gasteiger partial charge on any atom is 0.0400 e. The van der Waals surface area contributed by atoms with E-state index in [0.29, 0.717) is 0 Å². The summed E-state index contributed by atoms with van der Waals surface area (Å²) >= 11 is 0. The van der Waals surface area contributed by atoms with E-state index in [9.17, 15) is 0 Å². The smallest absolute Gasteiger partial charge is 0.0400 e. The average Bonchev–Trinajstić information content (AvgIpc) is 2.36. The molecule has 17 heavy (non-hydrogen) atoms. The zero-order valence-electron chi connectivity index (χ0n) is 10.7. The highest BCUT2D eigenvalue weighted by atomic mass is 14.9. The molecular weight excluding hydrogens is 206 g/mol. The fourth-order valence-corrected chi connectivity index (χ4v) is 1.94. The molecule has 0 amide bonds. The summed E-state index contributed by atoms with van der Waals surface area (Å²) in [5.41, 5.74) is 6.62. The van der Waals surface area contributed by atoms with Gasteiger partial charge in [-0.05, 0) is 49.1 Å². The summed E-state index contributed by atoms with van der Waals surface area (Å²) in [6.07, 6.45) is 0. The SMILES string of the molecule is Cc1ccc(NCc2ccccc2)c(C)c1C. The van der Waals surface area contributed by atoms with Gasteiger partial charge in [0.2, 0.25) is 0 Å². The van der Waals surface area contributed by atoms with Crippen LogP contribution in [0.5, 0.6) is 0 Å². The van der Waals surface area contributed by atoms with Crippen molar-refractivity contribution in [1.29, 1.82) is 0 Å². The molecule has 2 aromatic rings. The van der Waals surface area contributed by atoms with Crippen LogP contribution in [0.15, 0.2) is 42.5 Å². The Balaban J connectivity index is 2.13. The van der Waals surface area contributed by atoms with Gasteiger partial charge in [0.25, 0.3) is 0 Å². The lowest BCUT2D eigenvalue weighted by Gasteiger charge is -2.13. The van der Waals surface area contributed by atoms with Crippen molar-refractivity contribution in [3.63, 3.8) is 0 Å². The van der Waals surface area contributed by atoms with Crippen molar-refractivity contribution in [2.24, 2.45) is 0 Å². The Morgan fingerprint density at radius 3 is 2.24 bits per heavy atom. The van der Waals surface area contributed by atoms with Crippen LogP contribution in [0.3, 0.4) is 0 Å². The van der Waals surface area contributed by atoms with E-state index < -0.39 is 0 Å². The van der Waals surface area contributed by atoms with Crippen LogP contribution in [0.2, 0.25) is 0 Å². The molecule has 0 aliphatic heterocycles. The minimum Gasteiger partial charge on any atom is -0.381 e. The van der Waals surface area contributed by atoms with E-state index in [1.165, 1.54) is 27.9 Å². The average molecular weight is 225 g/mol. The zero-order chi connectivity index (χ0) is 12.3. The molecule has 0 unspecified atom stereocenters. The number of hydrogen-bond acceptors (Lipinski definition) is 1. The maximum absolute atomic E-state index is 3.50. The van der Waals surface area contributed by atoms with Crippen LogP contribution in [-0.4, -0.2) is 0 Å². The molecule has 1 N–H and O–H groups in total. The number of hydrogen-bond donors (Lipinski definition) is 1. The summed E-state index contributed by atoms with van der Waals surface area (Å²) in [5.74, 6) is 0. The molecule has 0 saturated carbocycles. The predicted molar refractivity (Wildman–Crippen MR) is 74.4 cm³/mol. The third-order valence-electron chi connectivity index (χ3n) is 3.38. The van der Waals surface area contributed by atoms with Crippen molar-refractivity contribution in [1.82, 2.24) is 0 Å². The topological polar surface area (TPSA) is 12.0 Å². The van der Waals surface area contributed by atoms with Gasteiger partial charge in [-0.25, -0.2) is 0 Å². The highest BCUT2D eigenvalue weighted by molar-refractivity contribution is 5.56. The summed E-state index contributed by atoms with van der Waals surface area (Å²) in [5, 5.41) is 3.50. The van der Waals surface area contributed by atoms with Gasteiger partial charge in [0.15, 0.2) is 0 Å². The first-order chi connectivity index (χ1) is 8.18. The van der Waals surface area contributed by atoms with Gasteiger partial charge in [-0.3, -0.25) is 0 Å². The molecule has 2 rings (SSSR count). The van der Waals surface area contributed by atoms with Gasteiger partial charge >= 0.3 is 0 Å². The third kappa shape index (κ3) is 2.68. The minimum atomic E-state index is 0.879. The van der Waals surface area contributed by atoms with Gasteiger partial charge in [-0.1, -0.05) is 36.4 Å². The van der Waals surface area contributed by atoms with Gasteiger partial charge < -0.3 is 5.32 Å². The fourth-order valence-electron chi connectivity index (χ4n) is 1.94. The summed E-state index contributed by atoms with van der Waals surface area (Å²) in [7, 11) is 0. The summed E-state index contributed by atoms with van der Waals surface area (Å²) < 4.78 is 0. The molecule has 0 aromatic heterocycles. The van der Waals surface area contributed by atoms with E-state index in [2.05, 4.69) is 62.5 Å². The van der Waals surface area contributed by atoms with Gasteiger partial charge in [0.05, 0.1) is 0 Å². The molecule has 1 nitrogen and oxygen atoms in total. The second kappa shape index (κ2) is 5.05. The van der Waals surface area contributed by atoms with E-state index >= 15 is 0 Å². The van der Waals surface area contributed by atoms with Crippen molar-refractivity contribution >= 4 is 5.69 Å². The minimum absolute atomic E-state index is 0.879. The maximum atomic E-state index is 3.50. The summed E-state index contributed by atoms with van der Waals surface area (Å²) in [6, 6.07) is 14.8. The van der Waals surface area contributed by atoms with E-state index in [4.69, 9.17) is 0 Å². The second-order valence-electron chi connectivity index (χ2n) is 4.52. The second-order valence-corrected chi connectivity index (χ2v) is 4.52. The van der Waals surface area contributed by atoms with Crippen molar-refractivity contribution in [2.75, 3.05) is 5.32 Å². The first-order valence-electron chi connectivity index (χ1n) is 6.03. The van der Waals surface area contributed by atoms with Crippen LogP contribution in [0.1, 0.15) is 22.3 Å². The first-order valence-corrected chi connectivity index (χ1v) is 6.03. The molecule has 0 atom stereocenters. The van der Waals surface area contributed by atoms with Crippen LogP contribution < -0.4 is 5.32 Å². The molecule has 0 spiro atoms. The molecule has 0 saturated heterocycles. The van der Waals surface area contributed by atoms with Crippen molar-refractivity contribution in [3.8, 4) is 0 Å². The molecule has 0 bridgehead atoms. The number of anilines is 1. The van der Waals surface area contributed by atoms with Crippen LogP contribution in [0, 0.1) is 20.8 Å².